The third-order valence-electron chi connectivity index (χ3n) is 6.50. The maximum atomic E-state index is 13.9. The standard InChI is InChI=1S/C25H46N6O5/c1-14(2)27-22(34)31-13-17(36-23(35)29-25(7,8)9)18-16(31)11-12-30(18)21(33)19(24(4,5)6)28-20(32)15(3)26-10/h14-19,26H,11-13H2,1-10H3,(H,27,34)(H,28,32)(H,29,35)/t15-,16+,17-,18-,19+/m0/s1. The van der Waals surface area contributed by atoms with Crippen LogP contribution < -0.4 is 21.3 Å². The van der Waals surface area contributed by atoms with Crippen molar-refractivity contribution in [1.82, 2.24) is 31.1 Å². The van der Waals surface area contributed by atoms with Crippen LogP contribution in [0.4, 0.5) is 9.59 Å². The first-order valence-electron chi connectivity index (χ1n) is 12.8. The van der Waals surface area contributed by atoms with Gasteiger partial charge in [-0.2, -0.15) is 0 Å². The smallest absolute Gasteiger partial charge is 0.407 e. The van der Waals surface area contributed by atoms with Crippen molar-refractivity contribution in [2.75, 3.05) is 20.1 Å². The number of rotatable bonds is 6. The van der Waals surface area contributed by atoms with Gasteiger partial charge < -0.3 is 35.8 Å². The van der Waals surface area contributed by atoms with Crippen molar-refractivity contribution >= 4 is 23.9 Å². The van der Waals surface area contributed by atoms with Gasteiger partial charge in [0.25, 0.3) is 0 Å². The molecule has 5 atom stereocenters. The third kappa shape index (κ3) is 7.24. The van der Waals surface area contributed by atoms with E-state index in [1.807, 2.05) is 55.4 Å². The fourth-order valence-corrected chi connectivity index (χ4v) is 4.64. The topological polar surface area (TPSA) is 132 Å². The Morgan fingerprint density at radius 2 is 1.56 bits per heavy atom. The Balaban J connectivity index is 2.35. The van der Waals surface area contributed by atoms with E-state index in [1.54, 1.807) is 23.8 Å². The molecule has 2 saturated heterocycles. The van der Waals surface area contributed by atoms with Gasteiger partial charge >= 0.3 is 12.1 Å². The quantitative estimate of drug-likeness (QED) is 0.427. The number of fused-ring (bicyclic) bond motifs is 1. The van der Waals surface area contributed by atoms with E-state index < -0.39 is 41.3 Å². The first-order valence-corrected chi connectivity index (χ1v) is 12.8. The molecule has 2 aliphatic rings. The molecular formula is C25H46N6O5. The van der Waals surface area contributed by atoms with Crippen molar-refractivity contribution in [2.24, 2.45) is 5.41 Å². The van der Waals surface area contributed by atoms with Gasteiger partial charge in [-0.05, 0) is 60.4 Å². The number of likely N-dealkylation sites (tertiary alicyclic amines) is 2. The number of ether oxygens (including phenoxy) is 1. The molecule has 36 heavy (non-hydrogen) atoms. The van der Waals surface area contributed by atoms with Gasteiger partial charge in [-0.3, -0.25) is 9.59 Å². The Labute approximate surface area is 215 Å². The Bertz CT molecular complexity index is 834. The Hall–Kier alpha value is -2.56. The number of carbonyl (C=O) groups excluding carboxylic acids is 4. The molecule has 0 unspecified atom stereocenters. The van der Waals surface area contributed by atoms with Gasteiger partial charge in [0, 0.05) is 18.1 Å². The number of nitrogens with one attached hydrogen (secondary N) is 4. The number of likely N-dealkylation sites (N-methyl/N-ethyl adjacent to an activating group) is 1. The van der Waals surface area contributed by atoms with Crippen LogP contribution in [-0.4, -0.2) is 95.7 Å². The van der Waals surface area contributed by atoms with E-state index in [1.165, 1.54) is 0 Å². The molecule has 0 aliphatic carbocycles. The number of hydrogen-bond acceptors (Lipinski definition) is 6. The lowest BCUT2D eigenvalue weighted by molar-refractivity contribution is -0.141. The summed E-state index contributed by atoms with van der Waals surface area (Å²) in [6.07, 6.45) is -0.741. The van der Waals surface area contributed by atoms with E-state index >= 15 is 0 Å². The SMILES string of the molecule is CN[C@@H](C)C(=O)N[C@H](C(=O)N1CC[C@@H]2[C@H]1[C@@H](OC(=O)NC(C)(C)C)CN2C(=O)NC(C)C)C(C)(C)C. The van der Waals surface area contributed by atoms with E-state index in [0.717, 1.165) is 0 Å². The van der Waals surface area contributed by atoms with Crippen LogP contribution in [0.2, 0.25) is 0 Å². The van der Waals surface area contributed by atoms with Crippen molar-refractivity contribution in [2.45, 2.75) is 111 Å². The summed E-state index contributed by atoms with van der Waals surface area (Å²) >= 11 is 0. The van der Waals surface area contributed by atoms with Crippen molar-refractivity contribution in [3.8, 4) is 0 Å². The van der Waals surface area contributed by atoms with E-state index in [9.17, 15) is 19.2 Å². The van der Waals surface area contributed by atoms with Crippen molar-refractivity contribution < 1.29 is 23.9 Å². The van der Waals surface area contributed by atoms with Crippen LogP contribution >= 0.6 is 0 Å². The lowest BCUT2D eigenvalue weighted by Gasteiger charge is -2.37. The van der Waals surface area contributed by atoms with Crippen LogP contribution in [0.25, 0.3) is 0 Å². The van der Waals surface area contributed by atoms with Gasteiger partial charge in [0.15, 0.2) is 0 Å². The minimum atomic E-state index is -0.790. The molecule has 0 aromatic carbocycles. The number of carbonyl (C=O) groups is 4. The Morgan fingerprint density at radius 1 is 0.944 bits per heavy atom. The normalized spacial score (nSPS) is 23.7. The molecule has 2 heterocycles. The summed E-state index contributed by atoms with van der Waals surface area (Å²) in [5.41, 5.74) is -1.06. The highest BCUT2D eigenvalue weighted by Crippen LogP contribution is 2.35. The summed E-state index contributed by atoms with van der Waals surface area (Å²) in [6, 6.07) is -2.37. The average molecular weight is 511 g/mol. The molecule has 0 saturated carbocycles. The summed E-state index contributed by atoms with van der Waals surface area (Å²) in [7, 11) is 1.68. The molecule has 11 heteroatoms. The number of amides is 5. The van der Waals surface area contributed by atoms with Crippen LogP contribution in [0.3, 0.4) is 0 Å². The summed E-state index contributed by atoms with van der Waals surface area (Å²) in [4.78, 5) is 55.6. The molecule has 0 radical (unpaired) electrons. The van der Waals surface area contributed by atoms with Crippen molar-refractivity contribution in [3.63, 3.8) is 0 Å². The number of nitrogens with zero attached hydrogens (tertiary/aromatic N) is 2. The second kappa shape index (κ2) is 11.2. The van der Waals surface area contributed by atoms with E-state index in [0.29, 0.717) is 13.0 Å². The minimum Gasteiger partial charge on any atom is -0.442 e. The molecule has 5 amide bonds. The summed E-state index contributed by atoms with van der Waals surface area (Å²) < 4.78 is 5.81. The highest BCUT2D eigenvalue weighted by molar-refractivity contribution is 5.91. The lowest BCUT2D eigenvalue weighted by atomic mass is 9.85. The maximum absolute atomic E-state index is 13.9. The summed E-state index contributed by atoms with van der Waals surface area (Å²) in [5.74, 6) is -0.522. The Morgan fingerprint density at radius 3 is 2.06 bits per heavy atom. The van der Waals surface area contributed by atoms with E-state index in [4.69, 9.17) is 4.74 Å². The van der Waals surface area contributed by atoms with E-state index in [-0.39, 0.29) is 36.5 Å². The number of urea groups is 1. The molecule has 206 valence electrons. The molecule has 0 spiro atoms. The van der Waals surface area contributed by atoms with Crippen LogP contribution in [0, 0.1) is 5.41 Å². The van der Waals surface area contributed by atoms with Crippen LogP contribution in [-0.2, 0) is 14.3 Å². The van der Waals surface area contributed by atoms with Gasteiger partial charge in [0.05, 0.1) is 24.7 Å². The predicted molar refractivity (Wildman–Crippen MR) is 137 cm³/mol. The monoisotopic (exact) mass is 510 g/mol. The zero-order chi connectivity index (χ0) is 27.6. The largest absolute Gasteiger partial charge is 0.442 e. The van der Waals surface area contributed by atoms with E-state index in [2.05, 4.69) is 21.3 Å². The molecule has 0 aromatic rings. The second-order valence-electron chi connectivity index (χ2n) is 12.3. The predicted octanol–water partition coefficient (Wildman–Crippen LogP) is 1.42. The highest BCUT2D eigenvalue weighted by Gasteiger charge is 2.55. The Kier molecular flexibility index (Phi) is 9.25. The molecule has 2 fully saturated rings. The summed E-state index contributed by atoms with van der Waals surface area (Å²) in [6.45, 7) is 17.3. The maximum Gasteiger partial charge on any atom is 0.407 e. The molecule has 0 bridgehead atoms. The fourth-order valence-electron chi connectivity index (χ4n) is 4.64. The average Bonchev–Trinajstić information content (AvgIpc) is 3.29. The number of alkyl carbamates (subject to hydrolysis) is 1. The molecule has 4 N–H and O–H groups in total. The van der Waals surface area contributed by atoms with Gasteiger partial charge in [-0.25, -0.2) is 9.59 Å². The van der Waals surface area contributed by atoms with Gasteiger partial charge in [0.2, 0.25) is 11.8 Å². The minimum absolute atomic E-state index is 0.0612. The van der Waals surface area contributed by atoms with Crippen LogP contribution in [0.15, 0.2) is 0 Å². The summed E-state index contributed by atoms with van der Waals surface area (Å²) in [5, 5.41) is 11.5. The molecule has 0 aromatic heterocycles. The first kappa shape index (κ1) is 29.7. The lowest BCUT2D eigenvalue weighted by Crippen LogP contribution is -2.60. The number of hydrogen-bond donors (Lipinski definition) is 4. The molecule has 11 nitrogen and oxygen atoms in total. The zero-order valence-electron chi connectivity index (χ0n) is 23.5. The van der Waals surface area contributed by atoms with Crippen LogP contribution in [0.1, 0.15) is 68.7 Å². The molecule has 2 aliphatic heterocycles. The van der Waals surface area contributed by atoms with Gasteiger partial charge in [0.1, 0.15) is 12.1 Å². The second-order valence-corrected chi connectivity index (χ2v) is 12.3. The third-order valence-corrected chi connectivity index (χ3v) is 6.50. The zero-order valence-corrected chi connectivity index (χ0v) is 23.5. The van der Waals surface area contributed by atoms with Gasteiger partial charge in [-0.1, -0.05) is 20.8 Å². The molecule has 2 rings (SSSR count). The van der Waals surface area contributed by atoms with Crippen LogP contribution in [0.5, 0.6) is 0 Å². The first-order chi connectivity index (χ1) is 16.5. The van der Waals surface area contributed by atoms with Crippen molar-refractivity contribution in [3.05, 3.63) is 0 Å². The van der Waals surface area contributed by atoms with Crippen molar-refractivity contribution in [1.29, 1.82) is 0 Å². The fraction of sp³-hybridized carbons (Fsp3) is 0.840. The van der Waals surface area contributed by atoms with Gasteiger partial charge in [-0.15, -0.1) is 0 Å². The highest BCUT2D eigenvalue weighted by atomic mass is 16.6. The molecular weight excluding hydrogens is 464 g/mol.